The molecule has 0 aliphatic heterocycles. The molecule has 0 heterocycles. The first-order valence-corrected chi connectivity index (χ1v) is 5.12. The molecule has 0 fully saturated rings. The normalized spacial score (nSPS) is 10.6. The predicted octanol–water partition coefficient (Wildman–Crippen LogP) is 2.60. The van der Waals surface area contributed by atoms with Crippen molar-refractivity contribution in [2.75, 3.05) is 13.7 Å². The number of allylic oxidation sites excluding steroid dienone is 1. The van der Waals surface area contributed by atoms with E-state index < -0.39 is 0 Å². The largest absolute Gasteiger partial charge is 0.496 e. The number of rotatable bonds is 6. The molecule has 1 aromatic rings. The molecule has 0 N–H and O–H groups in total. The minimum Gasteiger partial charge on any atom is -0.496 e. The lowest BCUT2D eigenvalue weighted by Crippen LogP contribution is -1.98. The minimum atomic E-state index is 0.440. The van der Waals surface area contributed by atoms with E-state index in [1.165, 1.54) is 0 Å². The zero-order valence-electron chi connectivity index (χ0n) is 9.60. The Bertz CT molecular complexity index is 369. The molecular formula is C13H16O3. The third-order valence-corrected chi connectivity index (χ3v) is 2.15. The maximum atomic E-state index is 10.6. The average molecular weight is 220 g/mol. The van der Waals surface area contributed by atoms with E-state index in [2.05, 4.69) is 0 Å². The Morgan fingerprint density at radius 2 is 2.19 bits per heavy atom. The van der Waals surface area contributed by atoms with Gasteiger partial charge in [0, 0.05) is 11.1 Å². The first-order valence-electron chi connectivity index (χ1n) is 5.12. The molecule has 0 atom stereocenters. The highest BCUT2D eigenvalue weighted by Crippen LogP contribution is 2.20. The van der Waals surface area contributed by atoms with Crippen LogP contribution < -0.4 is 4.74 Å². The molecule has 0 amide bonds. The van der Waals surface area contributed by atoms with Crippen LogP contribution in [-0.4, -0.2) is 20.0 Å². The monoisotopic (exact) mass is 220 g/mol. The third-order valence-electron chi connectivity index (χ3n) is 2.15. The van der Waals surface area contributed by atoms with Crippen molar-refractivity contribution >= 4 is 6.29 Å². The second-order valence-electron chi connectivity index (χ2n) is 3.27. The molecule has 0 bridgehead atoms. The Hall–Kier alpha value is -1.61. The summed E-state index contributed by atoms with van der Waals surface area (Å²) in [5.41, 5.74) is 1.52. The number of aldehydes is 1. The van der Waals surface area contributed by atoms with E-state index in [9.17, 15) is 4.79 Å². The van der Waals surface area contributed by atoms with Crippen LogP contribution in [0.3, 0.4) is 0 Å². The van der Waals surface area contributed by atoms with E-state index in [-0.39, 0.29) is 0 Å². The Labute approximate surface area is 95.7 Å². The van der Waals surface area contributed by atoms with Gasteiger partial charge in [0.15, 0.2) is 0 Å². The quantitative estimate of drug-likeness (QED) is 0.420. The number of benzene rings is 1. The molecule has 3 nitrogen and oxygen atoms in total. The number of carbonyl (C=O) groups is 1. The van der Waals surface area contributed by atoms with Gasteiger partial charge in [0.05, 0.1) is 20.3 Å². The van der Waals surface area contributed by atoms with E-state index in [4.69, 9.17) is 9.47 Å². The fourth-order valence-corrected chi connectivity index (χ4v) is 1.32. The van der Waals surface area contributed by atoms with Crippen LogP contribution in [0.25, 0.3) is 0 Å². The molecule has 1 aromatic carbocycles. The highest BCUT2D eigenvalue weighted by atomic mass is 16.5. The van der Waals surface area contributed by atoms with Crippen molar-refractivity contribution in [1.29, 1.82) is 0 Å². The van der Waals surface area contributed by atoms with Crippen LogP contribution in [0, 0.1) is 0 Å². The molecule has 0 saturated carbocycles. The lowest BCUT2D eigenvalue weighted by molar-refractivity contribution is 0.112. The number of hydrogen-bond donors (Lipinski definition) is 0. The van der Waals surface area contributed by atoms with Gasteiger partial charge in [0.1, 0.15) is 12.0 Å². The molecular weight excluding hydrogens is 204 g/mol. The van der Waals surface area contributed by atoms with Gasteiger partial charge < -0.3 is 9.47 Å². The van der Waals surface area contributed by atoms with Gasteiger partial charge in [-0.05, 0) is 25.1 Å². The van der Waals surface area contributed by atoms with Crippen LogP contribution in [0.1, 0.15) is 22.8 Å². The van der Waals surface area contributed by atoms with E-state index in [1.807, 2.05) is 19.1 Å². The summed E-state index contributed by atoms with van der Waals surface area (Å²) in [4.78, 5) is 10.6. The SMILES string of the molecule is CC=CCOCc1cc(C=O)ccc1OC. The van der Waals surface area contributed by atoms with Gasteiger partial charge >= 0.3 is 0 Å². The number of carbonyl (C=O) groups excluding carboxylic acids is 1. The molecule has 16 heavy (non-hydrogen) atoms. The maximum Gasteiger partial charge on any atom is 0.150 e. The van der Waals surface area contributed by atoms with E-state index in [0.717, 1.165) is 17.6 Å². The molecule has 86 valence electrons. The molecule has 0 radical (unpaired) electrons. The summed E-state index contributed by atoms with van der Waals surface area (Å²) in [6.07, 6.45) is 4.67. The summed E-state index contributed by atoms with van der Waals surface area (Å²) in [5, 5.41) is 0. The van der Waals surface area contributed by atoms with Crippen LogP contribution in [0.2, 0.25) is 0 Å². The van der Waals surface area contributed by atoms with E-state index in [0.29, 0.717) is 18.8 Å². The van der Waals surface area contributed by atoms with Crippen molar-refractivity contribution < 1.29 is 14.3 Å². The number of methoxy groups -OCH3 is 1. The van der Waals surface area contributed by atoms with E-state index >= 15 is 0 Å². The lowest BCUT2D eigenvalue weighted by atomic mass is 10.1. The van der Waals surface area contributed by atoms with Gasteiger partial charge in [-0.15, -0.1) is 0 Å². The lowest BCUT2D eigenvalue weighted by Gasteiger charge is -2.08. The number of ether oxygens (including phenoxy) is 2. The second-order valence-corrected chi connectivity index (χ2v) is 3.27. The van der Waals surface area contributed by atoms with Crippen molar-refractivity contribution in [2.24, 2.45) is 0 Å². The van der Waals surface area contributed by atoms with E-state index in [1.54, 1.807) is 25.3 Å². The fourth-order valence-electron chi connectivity index (χ4n) is 1.32. The zero-order chi connectivity index (χ0) is 11.8. The first kappa shape index (κ1) is 12.5. The summed E-state index contributed by atoms with van der Waals surface area (Å²) >= 11 is 0. The van der Waals surface area contributed by atoms with Crippen molar-refractivity contribution in [3.8, 4) is 5.75 Å². The van der Waals surface area contributed by atoms with Crippen LogP contribution in [0.15, 0.2) is 30.4 Å². The Morgan fingerprint density at radius 1 is 1.38 bits per heavy atom. The van der Waals surface area contributed by atoms with Gasteiger partial charge in [-0.25, -0.2) is 0 Å². The third kappa shape index (κ3) is 3.51. The standard InChI is InChI=1S/C13H16O3/c1-3-4-7-16-10-12-8-11(9-14)5-6-13(12)15-2/h3-6,8-9H,7,10H2,1-2H3. The highest BCUT2D eigenvalue weighted by Gasteiger charge is 2.03. The highest BCUT2D eigenvalue weighted by molar-refractivity contribution is 5.75. The molecule has 0 aliphatic carbocycles. The molecule has 3 heteroatoms. The van der Waals surface area contributed by atoms with Crippen molar-refractivity contribution in [3.05, 3.63) is 41.5 Å². The average Bonchev–Trinajstić information content (AvgIpc) is 2.34. The molecule has 0 aromatic heterocycles. The second kappa shape index (κ2) is 6.80. The summed E-state index contributed by atoms with van der Waals surface area (Å²) in [5.74, 6) is 0.742. The minimum absolute atomic E-state index is 0.440. The van der Waals surface area contributed by atoms with Crippen LogP contribution in [0.4, 0.5) is 0 Å². The zero-order valence-corrected chi connectivity index (χ0v) is 9.60. The molecule has 0 unspecified atom stereocenters. The van der Waals surface area contributed by atoms with Crippen molar-refractivity contribution in [2.45, 2.75) is 13.5 Å². The van der Waals surface area contributed by atoms with Crippen LogP contribution >= 0.6 is 0 Å². The topological polar surface area (TPSA) is 35.5 Å². The van der Waals surface area contributed by atoms with Crippen molar-refractivity contribution in [1.82, 2.24) is 0 Å². The number of hydrogen-bond acceptors (Lipinski definition) is 3. The molecule has 0 spiro atoms. The van der Waals surface area contributed by atoms with Gasteiger partial charge in [-0.2, -0.15) is 0 Å². The Morgan fingerprint density at radius 3 is 2.81 bits per heavy atom. The Kier molecular flexibility index (Phi) is 5.29. The fraction of sp³-hybridized carbons (Fsp3) is 0.308. The van der Waals surface area contributed by atoms with Crippen LogP contribution in [0.5, 0.6) is 5.75 Å². The van der Waals surface area contributed by atoms with Crippen LogP contribution in [-0.2, 0) is 11.3 Å². The first-order chi connectivity index (χ1) is 7.81. The summed E-state index contributed by atoms with van der Waals surface area (Å²) in [6, 6.07) is 5.28. The van der Waals surface area contributed by atoms with Gasteiger partial charge in [-0.3, -0.25) is 4.79 Å². The summed E-state index contributed by atoms with van der Waals surface area (Å²) < 4.78 is 10.6. The Balaban J connectivity index is 2.71. The van der Waals surface area contributed by atoms with Gasteiger partial charge in [0.25, 0.3) is 0 Å². The summed E-state index contributed by atoms with van der Waals surface area (Å²) in [6.45, 7) is 2.94. The maximum absolute atomic E-state index is 10.6. The van der Waals surface area contributed by atoms with Gasteiger partial charge in [-0.1, -0.05) is 12.2 Å². The van der Waals surface area contributed by atoms with Gasteiger partial charge in [0.2, 0.25) is 0 Å². The van der Waals surface area contributed by atoms with Crippen molar-refractivity contribution in [3.63, 3.8) is 0 Å². The summed E-state index contributed by atoms with van der Waals surface area (Å²) in [7, 11) is 1.60. The molecule has 0 aliphatic rings. The smallest absolute Gasteiger partial charge is 0.150 e. The predicted molar refractivity (Wildman–Crippen MR) is 62.9 cm³/mol. The molecule has 0 saturated heterocycles. The molecule has 1 rings (SSSR count).